The summed E-state index contributed by atoms with van der Waals surface area (Å²) in [7, 11) is 0. The Morgan fingerprint density at radius 2 is 1.73 bits per heavy atom. The summed E-state index contributed by atoms with van der Waals surface area (Å²) < 4.78 is 0. The van der Waals surface area contributed by atoms with E-state index in [9.17, 15) is 4.79 Å². The highest BCUT2D eigenvalue weighted by molar-refractivity contribution is 5.78. The van der Waals surface area contributed by atoms with Crippen LogP contribution < -0.4 is 11.1 Å². The number of hydrogen-bond donors (Lipinski definition) is 2. The molecule has 0 aromatic heterocycles. The van der Waals surface area contributed by atoms with Crippen LogP contribution in [-0.4, -0.2) is 19.0 Å². The zero-order chi connectivity index (χ0) is 21.5. The molecular formula is C27H48N2O. The molecule has 30 heavy (non-hydrogen) atoms. The molecule has 0 radical (unpaired) electrons. The molecule has 0 heterocycles. The minimum absolute atomic E-state index is 0.0992. The topological polar surface area (TPSA) is 55.1 Å². The van der Waals surface area contributed by atoms with E-state index in [2.05, 4.69) is 33.0 Å². The van der Waals surface area contributed by atoms with Crippen LogP contribution in [0.4, 0.5) is 0 Å². The SMILES string of the molecule is CC(C[C@@H](C)[C@H]1CC[C@H]2[C@@H]3CC[C@@H]4CCCC[C@]4(C)[C@H]3CC[C@]12C)C(=O)NCCN. The maximum absolute atomic E-state index is 12.4. The number of carbonyl (C=O) groups excluding carboxylic acids is 1. The summed E-state index contributed by atoms with van der Waals surface area (Å²) in [4.78, 5) is 12.4. The fourth-order valence-corrected chi connectivity index (χ4v) is 9.47. The standard InChI is InChI=1S/C27H48N2O/c1-18(17-19(2)25(30)29-16-15-28)22-10-11-23-21-9-8-20-7-5-6-13-26(20,3)24(21)12-14-27(22,23)4/h18-24H,5-17,28H2,1-4H3,(H,29,30)/t18-,19?,20+,21+,22-,23+,24+,26+,27-/m1/s1. The lowest BCUT2D eigenvalue weighted by atomic mass is 9.44. The van der Waals surface area contributed by atoms with Crippen LogP contribution >= 0.6 is 0 Å². The largest absolute Gasteiger partial charge is 0.355 e. The third-order valence-corrected chi connectivity index (χ3v) is 11.0. The molecule has 1 amide bonds. The maximum Gasteiger partial charge on any atom is 0.222 e. The van der Waals surface area contributed by atoms with Gasteiger partial charge >= 0.3 is 0 Å². The molecule has 4 aliphatic rings. The van der Waals surface area contributed by atoms with Gasteiger partial charge in [0.15, 0.2) is 0 Å². The van der Waals surface area contributed by atoms with Crippen molar-refractivity contribution >= 4 is 5.91 Å². The molecule has 4 saturated carbocycles. The lowest BCUT2D eigenvalue weighted by Gasteiger charge is -2.61. The normalized spacial score (nSPS) is 45.0. The van der Waals surface area contributed by atoms with Gasteiger partial charge in [0.05, 0.1) is 0 Å². The predicted octanol–water partition coefficient (Wildman–Crippen LogP) is 5.77. The van der Waals surface area contributed by atoms with Crippen LogP contribution in [-0.2, 0) is 4.79 Å². The van der Waals surface area contributed by atoms with Crippen molar-refractivity contribution in [3.63, 3.8) is 0 Å². The number of amides is 1. The summed E-state index contributed by atoms with van der Waals surface area (Å²) in [5.41, 5.74) is 6.70. The van der Waals surface area contributed by atoms with Crippen LogP contribution in [0, 0.1) is 52.3 Å². The van der Waals surface area contributed by atoms with E-state index in [1.807, 2.05) is 0 Å². The molecule has 4 fully saturated rings. The summed E-state index contributed by atoms with van der Waals surface area (Å²) in [5, 5.41) is 3.00. The highest BCUT2D eigenvalue weighted by atomic mass is 16.1. The number of fused-ring (bicyclic) bond motifs is 5. The molecule has 1 unspecified atom stereocenters. The number of nitrogens with one attached hydrogen (secondary N) is 1. The molecule has 9 atom stereocenters. The minimum atomic E-state index is 0.0992. The quantitative estimate of drug-likeness (QED) is 0.577. The molecule has 3 nitrogen and oxygen atoms in total. The molecule has 3 heteroatoms. The number of hydrogen-bond acceptors (Lipinski definition) is 2. The van der Waals surface area contributed by atoms with Crippen LogP contribution in [0.1, 0.15) is 98.3 Å². The fraction of sp³-hybridized carbons (Fsp3) is 0.963. The summed E-state index contributed by atoms with van der Waals surface area (Å²) >= 11 is 0. The molecular weight excluding hydrogens is 368 g/mol. The summed E-state index contributed by atoms with van der Waals surface area (Å²) in [6.45, 7) is 11.0. The van der Waals surface area contributed by atoms with Gasteiger partial charge in [-0.05, 0) is 104 Å². The van der Waals surface area contributed by atoms with E-state index >= 15 is 0 Å². The van der Waals surface area contributed by atoms with Crippen molar-refractivity contribution in [1.82, 2.24) is 5.32 Å². The Labute approximate surface area is 185 Å². The van der Waals surface area contributed by atoms with Gasteiger partial charge in [0.25, 0.3) is 0 Å². The zero-order valence-corrected chi connectivity index (χ0v) is 20.2. The average molecular weight is 417 g/mol. The first-order valence-electron chi connectivity index (χ1n) is 13.3. The Morgan fingerprint density at radius 1 is 0.967 bits per heavy atom. The number of rotatable bonds is 6. The minimum Gasteiger partial charge on any atom is -0.355 e. The Bertz CT molecular complexity index is 620. The number of carbonyl (C=O) groups is 1. The van der Waals surface area contributed by atoms with Crippen molar-refractivity contribution < 1.29 is 4.79 Å². The third kappa shape index (κ3) is 3.76. The first kappa shape index (κ1) is 22.6. The summed E-state index contributed by atoms with van der Waals surface area (Å²) in [5.74, 6) is 5.64. The Hall–Kier alpha value is -0.570. The highest BCUT2D eigenvalue weighted by Crippen LogP contribution is 2.68. The van der Waals surface area contributed by atoms with Gasteiger partial charge in [-0.25, -0.2) is 0 Å². The van der Waals surface area contributed by atoms with Gasteiger partial charge in [0.1, 0.15) is 0 Å². The van der Waals surface area contributed by atoms with E-state index in [4.69, 9.17) is 5.73 Å². The van der Waals surface area contributed by atoms with Crippen molar-refractivity contribution in [2.45, 2.75) is 98.3 Å². The molecule has 3 N–H and O–H groups in total. The van der Waals surface area contributed by atoms with Crippen LogP contribution in [0.5, 0.6) is 0 Å². The molecule has 0 spiro atoms. The van der Waals surface area contributed by atoms with E-state index in [0.29, 0.717) is 29.8 Å². The fourth-order valence-electron chi connectivity index (χ4n) is 9.47. The summed E-state index contributed by atoms with van der Waals surface area (Å²) in [6, 6.07) is 0. The van der Waals surface area contributed by atoms with E-state index in [-0.39, 0.29) is 11.8 Å². The molecule has 0 saturated heterocycles. The van der Waals surface area contributed by atoms with E-state index < -0.39 is 0 Å². The molecule has 0 aliphatic heterocycles. The van der Waals surface area contributed by atoms with Crippen LogP contribution in [0.15, 0.2) is 0 Å². The second kappa shape index (κ2) is 8.75. The van der Waals surface area contributed by atoms with Crippen LogP contribution in [0.3, 0.4) is 0 Å². The van der Waals surface area contributed by atoms with Crippen LogP contribution in [0.2, 0.25) is 0 Å². The molecule has 4 rings (SSSR count). The Morgan fingerprint density at radius 3 is 2.50 bits per heavy atom. The van der Waals surface area contributed by atoms with Crippen molar-refractivity contribution in [2.24, 2.45) is 58.0 Å². The Balaban J connectivity index is 1.44. The molecule has 0 aromatic carbocycles. The van der Waals surface area contributed by atoms with Gasteiger partial charge in [-0.15, -0.1) is 0 Å². The lowest BCUT2D eigenvalue weighted by Crippen LogP contribution is -2.53. The summed E-state index contributed by atoms with van der Waals surface area (Å²) in [6.07, 6.45) is 15.7. The van der Waals surface area contributed by atoms with Gasteiger partial charge in [0.2, 0.25) is 5.91 Å². The smallest absolute Gasteiger partial charge is 0.222 e. The van der Waals surface area contributed by atoms with Crippen molar-refractivity contribution in [3.05, 3.63) is 0 Å². The second-order valence-electron chi connectivity index (χ2n) is 12.3. The third-order valence-electron chi connectivity index (χ3n) is 11.0. The van der Waals surface area contributed by atoms with Gasteiger partial charge in [-0.1, -0.05) is 40.5 Å². The average Bonchev–Trinajstić information content (AvgIpc) is 3.08. The Kier molecular flexibility index (Phi) is 6.60. The first-order valence-corrected chi connectivity index (χ1v) is 13.3. The van der Waals surface area contributed by atoms with Gasteiger partial charge < -0.3 is 11.1 Å². The van der Waals surface area contributed by atoms with E-state index in [1.165, 1.54) is 64.2 Å². The van der Waals surface area contributed by atoms with E-state index in [0.717, 1.165) is 36.0 Å². The molecule has 0 aromatic rings. The van der Waals surface area contributed by atoms with Gasteiger partial charge in [0, 0.05) is 19.0 Å². The zero-order valence-electron chi connectivity index (χ0n) is 20.2. The molecule has 4 aliphatic carbocycles. The second-order valence-corrected chi connectivity index (χ2v) is 12.3. The predicted molar refractivity (Wildman–Crippen MR) is 125 cm³/mol. The van der Waals surface area contributed by atoms with Crippen molar-refractivity contribution in [1.29, 1.82) is 0 Å². The molecule has 172 valence electrons. The maximum atomic E-state index is 12.4. The van der Waals surface area contributed by atoms with Gasteiger partial charge in [-0.2, -0.15) is 0 Å². The highest BCUT2D eigenvalue weighted by Gasteiger charge is 2.60. The van der Waals surface area contributed by atoms with Gasteiger partial charge in [-0.3, -0.25) is 4.79 Å². The monoisotopic (exact) mass is 416 g/mol. The van der Waals surface area contributed by atoms with Crippen molar-refractivity contribution in [3.8, 4) is 0 Å². The van der Waals surface area contributed by atoms with Crippen molar-refractivity contribution in [2.75, 3.05) is 13.1 Å². The first-order chi connectivity index (χ1) is 14.3. The van der Waals surface area contributed by atoms with Crippen LogP contribution in [0.25, 0.3) is 0 Å². The number of nitrogens with two attached hydrogens (primary N) is 1. The molecule has 0 bridgehead atoms. The van der Waals surface area contributed by atoms with E-state index in [1.54, 1.807) is 0 Å². The lowest BCUT2D eigenvalue weighted by molar-refractivity contribution is -0.126.